The van der Waals surface area contributed by atoms with Crippen LogP contribution in [0.2, 0.25) is 0 Å². The maximum Gasteiger partial charge on any atom is 0.433 e. The van der Waals surface area contributed by atoms with Crippen molar-refractivity contribution in [1.29, 1.82) is 0 Å². The molecular weight excluding hydrogens is 343 g/mol. The summed E-state index contributed by atoms with van der Waals surface area (Å²) in [6.45, 7) is 2.95. The van der Waals surface area contributed by atoms with Crippen LogP contribution < -0.4 is 0 Å². The second-order valence-electron chi connectivity index (χ2n) is 6.54. The first-order valence-corrected chi connectivity index (χ1v) is 8.25. The van der Waals surface area contributed by atoms with Crippen molar-refractivity contribution < 1.29 is 18.0 Å². The van der Waals surface area contributed by atoms with Crippen molar-refractivity contribution in [2.24, 2.45) is 0 Å². The zero-order chi connectivity index (χ0) is 18.5. The third-order valence-corrected chi connectivity index (χ3v) is 4.72. The molecular formula is C19H16F3N3O. The Morgan fingerprint density at radius 3 is 2.73 bits per heavy atom. The highest BCUT2D eigenvalue weighted by molar-refractivity contribution is 5.95. The number of carbonyl (C=O) groups excluding carboxylic acids is 1. The number of fused-ring (bicyclic) bond motifs is 3. The van der Waals surface area contributed by atoms with E-state index in [1.807, 2.05) is 19.1 Å². The van der Waals surface area contributed by atoms with Crippen LogP contribution in [0.5, 0.6) is 0 Å². The van der Waals surface area contributed by atoms with Crippen molar-refractivity contribution in [3.05, 3.63) is 64.6 Å². The molecule has 0 unspecified atom stereocenters. The highest BCUT2D eigenvalue weighted by atomic mass is 19.4. The summed E-state index contributed by atoms with van der Waals surface area (Å²) in [4.78, 5) is 21.1. The number of halogens is 3. The fraction of sp³-hybridized carbons (Fsp3) is 0.263. The van der Waals surface area contributed by atoms with Crippen molar-refractivity contribution >= 4 is 16.8 Å². The van der Waals surface area contributed by atoms with E-state index in [-0.39, 0.29) is 11.5 Å². The minimum absolute atomic E-state index is 0.164. The Balaban J connectivity index is 1.61. The number of amides is 1. The van der Waals surface area contributed by atoms with E-state index in [0.29, 0.717) is 19.5 Å². The van der Waals surface area contributed by atoms with Gasteiger partial charge in [-0.05, 0) is 31.2 Å². The molecule has 1 aromatic carbocycles. The van der Waals surface area contributed by atoms with Crippen LogP contribution in [0.1, 0.15) is 32.9 Å². The number of rotatable bonds is 1. The predicted octanol–water partition coefficient (Wildman–Crippen LogP) is 4.09. The normalized spacial score (nSPS) is 14.5. The number of H-pyrrole nitrogens is 1. The van der Waals surface area contributed by atoms with E-state index in [0.717, 1.165) is 40.0 Å². The Hall–Kier alpha value is -2.83. The monoisotopic (exact) mass is 359 g/mol. The molecule has 3 heterocycles. The Morgan fingerprint density at radius 1 is 1.23 bits per heavy atom. The lowest BCUT2D eigenvalue weighted by molar-refractivity contribution is -0.141. The minimum Gasteiger partial charge on any atom is -0.358 e. The van der Waals surface area contributed by atoms with Crippen molar-refractivity contribution in [1.82, 2.24) is 14.9 Å². The molecule has 0 saturated heterocycles. The van der Waals surface area contributed by atoms with Gasteiger partial charge in [-0.2, -0.15) is 13.2 Å². The molecule has 4 nitrogen and oxygen atoms in total. The first-order valence-electron chi connectivity index (χ1n) is 8.25. The van der Waals surface area contributed by atoms with Gasteiger partial charge in [-0.3, -0.25) is 9.78 Å². The summed E-state index contributed by atoms with van der Waals surface area (Å²) in [7, 11) is 0. The smallest absolute Gasteiger partial charge is 0.358 e. The third-order valence-electron chi connectivity index (χ3n) is 4.72. The van der Waals surface area contributed by atoms with Gasteiger partial charge in [-0.15, -0.1) is 0 Å². The van der Waals surface area contributed by atoms with Crippen LogP contribution in [0.3, 0.4) is 0 Å². The number of carbonyl (C=O) groups is 1. The molecule has 3 aromatic rings. The molecule has 1 amide bonds. The Bertz CT molecular complexity index is 990. The first-order chi connectivity index (χ1) is 12.3. The summed E-state index contributed by atoms with van der Waals surface area (Å²) >= 11 is 0. The summed E-state index contributed by atoms with van der Waals surface area (Å²) in [5.41, 5.74) is 3.52. The number of alkyl halides is 3. The van der Waals surface area contributed by atoms with Crippen LogP contribution in [0, 0.1) is 6.92 Å². The standard InChI is InChI=1S/C19H16F3N3O/c1-11-2-4-15-13(8-11)14-10-25(7-6-16(14)24-15)18(26)12-3-5-17(23-9-12)19(20,21)22/h2-5,8-9,24H,6-7,10H2,1H3. The van der Waals surface area contributed by atoms with Gasteiger partial charge in [0, 0.05) is 47.9 Å². The van der Waals surface area contributed by atoms with Gasteiger partial charge in [-0.1, -0.05) is 11.6 Å². The lowest BCUT2D eigenvalue weighted by Gasteiger charge is -2.27. The van der Waals surface area contributed by atoms with E-state index in [1.165, 1.54) is 6.07 Å². The van der Waals surface area contributed by atoms with Gasteiger partial charge in [0.05, 0.1) is 5.56 Å². The molecule has 7 heteroatoms. The third kappa shape index (κ3) is 2.83. The molecule has 2 aromatic heterocycles. The van der Waals surface area contributed by atoms with Gasteiger partial charge in [0.1, 0.15) is 5.69 Å². The molecule has 1 aliphatic rings. The number of hydrogen-bond acceptors (Lipinski definition) is 2. The van der Waals surface area contributed by atoms with Crippen LogP contribution in [0.25, 0.3) is 10.9 Å². The molecule has 134 valence electrons. The predicted molar refractivity (Wildman–Crippen MR) is 90.7 cm³/mol. The number of nitrogens with one attached hydrogen (secondary N) is 1. The molecule has 0 fully saturated rings. The summed E-state index contributed by atoms with van der Waals surface area (Å²) in [5, 5.41) is 1.09. The highest BCUT2D eigenvalue weighted by Crippen LogP contribution is 2.30. The number of aryl methyl sites for hydroxylation is 1. The molecule has 0 radical (unpaired) electrons. The summed E-state index contributed by atoms with van der Waals surface area (Å²) in [5.74, 6) is -0.307. The van der Waals surface area contributed by atoms with E-state index in [4.69, 9.17) is 0 Å². The minimum atomic E-state index is -4.51. The molecule has 1 aliphatic heterocycles. The Labute approximate surface area is 147 Å². The molecule has 4 rings (SSSR count). The maximum atomic E-state index is 12.7. The Kier molecular flexibility index (Phi) is 3.75. The van der Waals surface area contributed by atoms with Gasteiger partial charge < -0.3 is 9.88 Å². The van der Waals surface area contributed by atoms with Crippen molar-refractivity contribution in [3.8, 4) is 0 Å². The number of aromatic nitrogens is 2. The molecule has 0 saturated carbocycles. The fourth-order valence-electron chi connectivity index (χ4n) is 3.37. The van der Waals surface area contributed by atoms with Crippen LogP contribution in [-0.4, -0.2) is 27.3 Å². The number of aromatic amines is 1. The van der Waals surface area contributed by atoms with Gasteiger partial charge in [0.2, 0.25) is 0 Å². The SMILES string of the molecule is Cc1ccc2[nH]c3c(c2c1)CN(C(=O)c1ccc(C(F)(F)F)nc1)CC3. The topological polar surface area (TPSA) is 49.0 Å². The largest absolute Gasteiger partial charge is 0.433 e. The fourth-order valence-corrected chi connectivity index (χ4v) is 3.37. The number of hydrogen-bond donors (Lipinski definition) is 1. The quantitative estimate of drug-likeness (QED) is 0.711. The van der Waals surface area contributed by atoms with Crippen LogP contribution in [0.15, 0.2) is 36.5 Å². The van der Waals surface area contributed by atoms with Crippen molar-refractivity contribution in [2.75, 3.05) is 6.54 Å². The van der Waals surface area contributed by atoms with Crippen LogP contribution in [0.4, 0.5) is 13.2 Å². The summed E-state index contributed by atoms with van der Waals surface area (Å²) in [6.07, 6.45) is -2.83. The lowest BCUT2D eigenvalue weighted by atomic mass is 10.0. The molecule has 0 aliphatic carbocycles. The number of benzene rings is 1. The highest BCUT2D eigenvalue weighted by Gasteiger charge is 2.32. The zero-order valence-corrected chi connectivity index (χ0v) is 14.0. The van der Waals surface area contributed by atoms with Crippen molar-refractivity contribution in [3.63, 3.8) is 0 Å². The van der Waals surface area contributed by atoms with Gasteiger partial charge >= 0.3 is 6.18 Å². The van der Waals surface area contributed by atoms with Crippen LogP contribution >= 0.6 is 0 Å². The summed E-state index contributed by atoms with van der Waals surface area (Å²) in [6, 6.07) is 8.17. The van der Waals surface area contributed by atoms with E-state index in [1.54, 1.807) is 4.90 Å². The lowest BCUT2D eigenvalue weighted by Crippen LogP contribution is -2.35. The first kappa shape index (κ1) is 16.6. The van der Waals surface area contributed by atoms with Crippen molar-refractivity contribution in [2.45, 2.75) is 26.1 Å². The molecule has 0 spiro atoms. The van der Waals surface area contributed by atoms with E-state index in [2.05, 4.69) is 16.0 Å². The second kappa shape index (κ2) is 5.86. The number of nitrogens with zero attached hydrogens (tertiary/aromatic N) is 2. The van der Waals surface area contributed by atoms with Gasteiger partial charge in [0.15, 0.2) is 0 Å². The average molecular weight is 359 g/mol. The van der Waals surface area contributed by atoms with E-state index in [9.17, 15) is 18.0 Å². The second-order valence-corrected chi connectivity index (χ2v) is 6.54. The zero-order valence-electron chi connectivity index (χ0n) is 14.0. The van der Waals surface area contributed by atoms with Gasteiger partial charge in [0.25, 0.3) is 5.91 Å². The Morgan fingerprint density at radius 2 is 2.04 bits per heavy atom. The number of pyridine rings is 1. The molecule has 0 bridgehead atoms. The van der Waals surface area contributed by atoms with Gasteiger partial charge in [-0.25, -0.2) is 0 Å². The van der Waals surface area contributed by atoms with Crippen LogP contribution in [-0.2, 0) is 19.1 Å². The average Bonchev–Trinajstić information content (AvgIpc) is 2.97. The summed E-state index contributed by atoms with van der Waals surface area (Å²) < 4.78 is 37.9. The van der Waals surface area contributed by atoms with E-state index >= 15 is 0 Å². The molecule has 26 heavy (non-hydrogen) atoms. The maximum absolute atomic E-state index is 12.7. The molecule has 1 N–H and O–H groups in total. The molecule has 0 atom stereocenters. The van der Waals surface area contributed by atoms with E-state index < -0.39 is 11.9 Å².